The SMILES string of the molecule is CC(C)C(O)N=Cc1cc(Br)ccc1O. The van der Waals surface area contributed by atoms with Crippen molar-refractivity contribution in [1.29, 1.82) is 0 Å². The fraction of sp³-hybridized carbons (Fsp3) is 0.364. The number of halogens is 1. The molecule has 0 amide bonds. The Labute approximate surface area is 97.6 Å². The molecule has 1 aromatic rings. The highest BCUT2D eigenvalue weighted by molar-refractivity contribution is 9.10. The van der Waals surface area contributed by atoms with Crippen molar-refractivity contribution in [2.45, 2.75) is 20.1 Å². The van der Waals surface area contributed by atoms with Gasteiger partial charge in [-0.05, 0) is 24.1 Å². The maximum Gasteiger partial charge on any atom is 0.147 e. The molecule has 1 rings (SSSR count). The average Bonchev–Trinajstić information content (AvgIpc) is 2.18. The molecule has 0 spiro atoms. The smallest absolute Gasteiger partial charge is 0.147 e. The number of aromatic hydroxyl groups is 1. The van der Waals surface area contributed by atoms with Crippen LogP contribution in [0.4, 0.5) is 0 Å². The quantitative estimate of drug-likeness (QED) is 0.831. The zero-order valence-corrected chi connectivity index (χ0v) is 10.3. The lowest BCUT2D eigenvalue weighted by atomic mass is 10.2. The second-order valence-electron chi connectivity index (χ2n) is 3.64. The number of nitrogens with zero attached hydrogens (tertiary/aromatic N) is 1. The molecule has 0 aliphatic rings. The zero-order chi connectivity index (χ0) is 11.4. The van der Waals surface area contributed by atoms with E-state index in [9.17, 15) is 10.2 Å². The first kappa shape index (κ1) is 12.2. The Morgan fingerprint density at radius 3 is 2.67 bits per heavy atom. The molecule has 1 atom stereocenters. The number of hydrogen-bond donors (Lipinski definition) is 2. The topological polar surface area (TPSA) is 52.8 Å². The van der Waals surface area contributed by atoms with Crippen molar-refractivity contribution in [3.63, 3.8) is 0 Å². The van der Waals surface area contributed by atoms with E-state index in [1.807, 2.05) is 13.8 Å². The number of phenols is 1. The van der Waals surface area contributed by atoms with Gasteiger partial charge in [-0.3, -0.25) is 4.99 Å². The highest BCUT2D eigenvalue weighted by atomic mass is 79.9. The van der Waals surface area contributed by atoms with Gasteiger partial charge in [0.1, 0.15) is 12.0 Å². The number of phenolic OH excluding ortho intramolecular Hbond substituents is 1. The molecule has 3 nitrogen and oxygen atoms in total. The Kier molecular flexibility index (Phi) is 4.29. The Bertz CT molecular complexity index is 364. The van der Waals surface area contributed by atoms with Crippen LogP contribution in [0, 0.1) is 5.92 Å². The predicted molar refractivity (Wildman–Crippen MR) is 64.2 cm³/mol. The molecule has 0 aromatic heterocycles. The minimum atomic E-state index is -0.733. The van der Waals surface area contributed by atoms with Crippen LogP contribution in [0.25, 0.3) is 0 Å². The molecule has 82 valence electrons. The Balaban J connectivity index is 2.84. The van der Waals surface area contributed by atoms with Crippen LogP contribution in [0.2, 0.25) is 0 Å². The lowest BCUT2D eigenvalue weighted by molar-refractivity contribution is 0.135. The van der Waals surface area contributed by atoms with E-state index < -0.39 is 6.23 Å². The summed E-state index contributed by atoms with van der Waals surface area (Å²) in [6.07, 6.45) is 0.744. The van der Waals surface area contributed by atoms with Gasteiger partial charge in [-0.1, -0.05) is 29.8 Å². The van der Waals surface area contributed by atoms with Crippen molar-refractivity contribution < 1.29 is 10.2 Å². The molecule has 1 unspecified atom stereocenters. The summed E-state index contributed by atoms with van der Waals surface area (Å²) in [5.41, 5.74) is 0.587. The van der Waals surface area contributed by atoms with Gasteiger partial charge in [0.2, 0.25) is 0 Å². The van der Waals surface area contributed by atoms with Crippen molar-refractivity contribution in [2.75, 3.05) is 0 Å². The summed E-state index contributed by atoms with van der Waals surface area (Å²) in [7, 11) is 0. The van der Waals surface area contributed by atoms with Gasteiger partial charge in [0.25, 0.3) is 0 Å². The molecule has 0 aliphatic carbocycles. The normalized spacial score (nSPS) is 13.7. The summed E-state index contributed by atoms with van der Waals surface area (Å²) in [6.45, 7) is 3.76. The third-order valence-corrected chi connectivity index (χ3v) is 2.45. The number of hydrogen-bond acceptors (Lipinski definition) is 3. The van der Waals surface area contributed by atoms with Crippen LogP contribution in [0.1, 0.15) is 19.4 Å². The van der Waals surface area contributed by atoms with Crippen molar-refractivity contribution in [2.24, 2.45) is 10.9 Å². The first-order valence-electron chi connectivity index (χ1n) is 4.70. The van der Waals surface area contributed by atoms with Crippen molar-refractivity contribution in [3.05, 3.63) is 28.2 Å². The predicted octanol–water partition coefficient (Wildman–Crippen LogP) is 2.55. The summed E-state index contributed by atoms with van der Waals surface area (Å²) in [4.78, 5) is 3.95. The average molecular weight is 272 g/mol. The minimum Gasteiger partial charge on any atom is -0.507 e. The van der Waals surface area contributed by atoms with Gasteiger partial charge < -0.3 is 10.2 Å². The summed E-state index contributed by atoms with van der Waals surface area (Å²) >= 11 is 3.30. The van der Waals surface area contributed by atoms with E-state index >= 15 is 0 Å². The number of aliphatic hydroxyl groups is 1. The lowest BCUT2D eigenvalue weighted by Gasteiger charge is -2.08. The molecule has 0 saturated heterocycles. The van der Waals surface area contributed by atoms with E-state index in [2.05, 4.69) is 20.9 Å². The summed E-state index contributed by atoms with van der Waals surface area (Å²) in [5.74, 6) is 0.216. The van der Waals surface area contributed by atoms with Gasteiger partial charge in [0.05, 0.1) is 0 Å². The van der Waals surface area contributed by atoms with Gasteiger partial charge in [-0.2, -0.15) is 0 Å². The van der Waals surface area contributed by atoms with Gasteiger partial charge in [-0.25, -0.2) is 0 Å². The zero-order valence-electron chi connectivity index (χ0n) is 8.68. The van der Waals surface area contributed by atoms with Crippen molar-refractivity contribution in [3.8, 4) is 5.75 Å². The van der Waals surface area contributed by atoms with Gasteiger partial charge in [0, 0.05) is 16.3 Å². The first-order chi connectivity index (χ1) is 7.00. The summed E-state index contributed by atoms with van der Waals surface area (Å²) < 4.78 is 0.862. The fourth-order valence-corrected chi connectivity index (χ4v) is 1.34. The van der Waals surface area contributed by atoms with E-state index in [-0.39, 0.29) is 11.7 Å². The molecule has 4 heteroatoms. The molecule has 0 heterocycles. The molecule has 1 aromatic carbocycles. The third-order valence-electron chi connectivity index (χ3n) is 1.95. The highest BCUT2D eigenvalue weighted by Crippen LogP contribution is 2.20. The van der Waals surface area contributed by atoms with E-state index in [1.165, 1.54) is 6.21 Å². The fourth-order valence-electron chi connectivity index (χ4n) is 0.958. The number of rotatable bonds is 3. The third kappa shape index (κ3) is 3.64. The molecular weight excluding hydrogens is 258 g/mol. The molecule has 2 N–H and O–H groups in total. The maximum atomic E-state index is 9.49. The molecule has 0 bridgehead atoms. The molecular formula is C11H14BrNO2. The Morgan fingerprint density at radius 1 is 1.40 bits per heavy atom. The minimum absolute atomic E-state index is 0.0653. The van der Waals surface area contributed by atoms with Crippen LogP contribution in [0.5, 0.6) is 5.75 Å². The monoisotopic (exact) mass is 271 g/mol. The Hall–Kier alpha value is -0.870. The first-order valence-corrected chi connectivity index (χ1v) is 5.49. The second kappa shape index (κ2) is 5.28. The molecule has 0 radical (unpaired) electrons. The van der Waals surface area contributed by atoms with Crippen molar-refractivity contribution in [1.82, 2.24) is 0 Å². The highest BCUT2D eigenvalue weighted by Gasteiger charge is 2.05. The van der Waals surface area contributed by atoms with Crippen LogP contribution < -0.4 is 0 Å². The summed E-state index contributed by atoms with van der Waals surface area (Å²) in [6, 6.07) is 5.06. The van der Waals surface area contributed by atoms with E-state index in [1.54, 1.807) is 18.2 Å². The van der Waals surface area contributed by atoms with Crippen LogP contribution in [-0.4, -0.2) is 22.7 Å². The van der Waals surface area contributed by atoms with Crippen LogP contribution in [-0.2, 0) is 0 Å². The molecule has 0 fully saturated rings. The number of benzene rings is 1. The van der Waals surface area contributed by atoms with Crippen molar-refractivity contribution >= 4 is 22.1 Å². The second-order valence-corrected chi connectivity index (χ2v) is 4.55. The standard InChI is InChI=1S/C11H14BrNO2/c1-7(2)11(15)13-6-8-5-9(12)3-4-10(8)14/h3-7,11,14-15H,1-2H3. The molecule has 0 aliphatic heterocycles. The molecule has 15 heavy (non-hydrogen) atoms. The van der Waals surface area contributed by atoms with Crippen LogP contribution >= 0.6 is 15.9 Å². The number of aliphatic imine (C=N–C) groups is 1. The van der Waals surface area contributed by atoms with Gasteiger partial charge >= 0.3 is 0 Å². The lowest BCUT2D eigenvalue weighted by Crippen LogP contribution is -2.11. The van der Waals surface area contributed by atoms with Gasteiger partial charge in [0.15, 0.2) is 0 Å². The maximum absolute atomic E-state index is 9.49. The number of aliphatic hydroxyl groups excluding tert-OH is 1. The van der Waals surface area contributed by atoms with Gasteiger partial charge in [-0.15, -0.1) is 0 Å². The van der Waals surface area contributed by atoms with E-state index in [0.29, 0.717) is 5.56 Å². The largest absolute Gasteiger partial charge is 0.507 e. The summed E-state index contributed by atoms with van der Waals surface area (Å²) in [5, 5.41) is 18.9. The Morgan fingerprint density at radius 2 is 2.07 bits per heavy atom. The van der Waals surface area contributed by atoms with Crippen LogP contribution in [0.3, 0.4) is 0 Å². The molecule has 0 saturated carbocycles. The van der Waals surface area contributed by atoms with E-state index in [4.69, 9.17) is 0 Å². The van der Waals surface area contributed by atoms with E-state index in [0.717, 1.165) is 4.47 Å². The van der Waals surface area contributed by atoms with Crippen LogP contribution in [0.15, 0.2) is 27.7 Å².